The van der Waals surface area contributed by atoms with Crippen molar-refractivity contribution in [1.29, 1.82) is 0 Å². The van der Waals surface area contributed by atoms with Gasteiger partial charge in [-0.2, -0.15) is 0 Å². The predicted octanol–water partition coefficient (Wildman–Crippen LogP) is 2.81. The van der Waals surface area contributed by atoms with Gasteiger partial charge in [0.15, 0.2) is 6.61 Å². The average molecular weight is 396 g/mol. The number of methoxy groups -OCH3 is 1. The molecule has 2 amide bonds. The monoisotopic (exact) mass is 396 g/mol. The molecule has 1 atom stereocenters. The number of amides is 2. The van der Waals surface area contributed by atoms with Gasteiger partial charge < -0.3 is 19.7 Å². The summed E-state index contributed by atoms with van der Waals surface area (Å²) in [6.07, 6.45) is 1.78. The van der Waals surface area contributed by atoms with Crippen LogP contribution in [0.5, 0.6) is 5.75 Å². The van der Waals surface area contributed by atoms with Gasteiger partial charge in [0.1, 0.15) is 5.75 Å². The van der Waals surface area contributed by atoms with Gasteiger partial charge in [-0.15, -0.1) is 0 Å². The first-order chi connectivity index (χ1) is 14.1. The minimum absolute atomic E-state index is 0.00121. The smallest absolute Gasteiger partial charge is 0.260 e. The second kappa shape index (κ2) is 10.1. The van der Waals surface area contributed by atoms with E-state index in [9.17, 15) is 9.59 Å². The highest BCUT2D eigenvalue weighted by Gasteiger charge is 2.22. The molecule has 2 aromatic carbocycles. The summed E-state index contributed by atoms with van der Waals surface area (Å²) in [6, 6.07) is 15.6. The van der Waals surface area contributed by atoms with E-state index in [-0.39, 0.29) is 24.5 Å². The molecule has 29 heavy (non-hydrogen) atoms. The number of ether oxygens (including phenoxy) is 2. The Morgan fingerprint density at radius 2 is 2.03 bits per heavy atom. The van der Waals surface area contributed by atoms with E-state index >= 15 is 0 Å². The molecule has 154 valence electrons. The lowest BCUT2D eigenvalue weighted by Crippen LogP contribution is -2.35. The standard InChI is InChI=1S/C23H28N2O4/c1-17(8-9-18-6-4-3-5-7-18)24-23(27)19-10-11-21-20(14-19)15-25(12-13-28-2)22(26)16-29-21/h3-7,10-11,14,17H,8-9,12-13,15-16H2,1-2H3,(H,24,27)/t17-/m0/s1. The fourth-order valence-corrected chi connectivity index (χ4v) is 3.32. The Labute approximate surface area is 171 Å². The Kier molecular flexibility index (Phi) is 7.25. The third-order valence-electron chi connectivity index (χ3n) is 5.04. The van der Waals surface area contributed by atoms with Gasteiger partial charge in [0.05, 0.1) is 6.61 Å². The van der Waals surface area contributed by atoms with Crippen molar-refractivity contribution in [2.75, 3.05) is 26.9 Å². The van der Waals surface area contributed by atoms with Crippen LogP contribution in [-0.2, 0) is 22.5 Å². The second-order valence-corrected chi connectivity index (χ2v) is 7.32. The first-order valence-electron chi connectivity index (χ1n) is 9.94. The maximum Gasteiger partial charge on any atom is 0.260 e. The SMILES string of the molecule is COCCN1Cc2cc(C(=O)N[C@@H](C)CCc3ccccc3)ccc2OCC1=O. The topological polar surface area (TPSA) is 67.9 Å². The van der Waals surface area contributed by atoms with Gasteiger partial charge in [0.2, 0.25) is 0 Å². The first-order valence-corrected chi connectivity index (χ1v) is 9.94. The summed E-state index contributed by atoms with van der Waals surface area (Å²) in [6.45, 7) is 3.37. The molecule has 1 N–H and O–H groups in total. The highest BCUT2D eigenvalue weighted by Crippen LogP contribution is 2.25. The molecule has 2 aromatic rings. The van der Waals surface area contributed by atoms with E-state index < -0.39 is 0 Å². The molecule has 3 rings (SSSR count). The molecule has 0 aromatic heterocycles. The number of benzene rings is 2. The van der Waals surface area contributed by atoms with Gasteiger partial charge in [-0.25, -0.2) is 0 Å². The van der Waals surface area contributed by atoms with E-state index in [1.54, 1.807) is 24.1 Å². The molecule has 1 aliphatic rings. The number of carbonyl (C=O) groups excluding carboxylic acids is 2. The van der Waals surface area contributed by atoms with Crippen LogP contribution in [-0.4, -0.2) is 49.6 Å². The molecule has 0 aliphatic carbocycles. The summed E-state index contributed by atoms with van der Waals surface area (Å²) >= 11 is 0. The molecule has 0 saturated heterocycles. The summed E-state index contributed by atoms with van der Waals surface area (Å²) in [5, 5.41) is 3.06. The van der Waals surface area contributed by atoms with Crippen molar-refractivity contribution in [3.63, 3.8) is 0 Å². The number of fused-ring (bicyclic) bond motifs is 1. The number of aryl methyl sites for hydroxylation is 1. The van der Waals surface area contributed by atoms with Crippen LogP contribution >= 0.6 is 0 Å². The Hall–Kier alpha value is -2.86. The maximum absolute atomic E-state index is 12.7. The van der Waals surface area contributed by atoms with Gasteiger partial charge in [-0.05, 0) is 43.5 Å². The van der Waals surface area contributed by atoms with E-state index in [0.29, 0.717) is 31.0 Å². The second-order valence-electron chi connectivity index (χ2n) is 7.32. The van der Waals surface area contributed by atoms with Gasteiger partial charge >= 0.3 is 0 Å². The highest BCUT2D eigenvalue weighted by atomic mass is 16.5. The minimum atomic E-state index is -0.118. The van der Waals surface area contributed by atoms with Gasteiger partial charge in [0.25, 0.3) is 11.8 Å². The number of nitrogens with zero attached hydrogens (tertiary/aromatic N) is 1. The molecule has 0 saturated carbocycles. The molecular formula is C23H28N2O4. The maximum atomic E-state index is 12.7. The van der Waals surface area contributed by atoms with Crippen LogP contribution in [0.3, 0.4) is 0 Å². The molecule has 0 fully saturated rings. The number of hydrogen-bond donors (Lipinski definition) is 1. The third kappa shape index (κ3) is 5.81. The summed E-state index contributed by atoms with van der Waals surface area (Å²) < 4.78 is 10.7. The van der Waals surface area contributed by atoms with Gasteiger partial charge in [0, 0.05) is 37.4 Å². The lowest BCUT2D eigenvalue weighted by Gasteiger charge is -2.19. The zero-order chi connectivity index (χ0) is 20.6. The number of carbonyl (C=O) groups is 2. The van der Waals surface area contributed by atoms with Gasteiger partial charge in [-0.3, -0.25) is 9.59 Å². The molecule has 6 heteroatoms. The van der Waals surface area contributed by atoms with Crippen molar-refractivity contribution in [1.82, 2.24) is 10.2 Å². The number of nitrogens with one attached hydrogen (secondary N) is 1. The molecule has 0 bridgehead atoms. The Bertz CT molecular complexity index is 838. The fourth-order valence-electron chi connectivity index (χ4n) is 3.32. The number of hydrogen-bond acceptors (Lipinski definition) is 4. The molecule has 0 radical (unpaired) electrons. The summed E-state index contributed by atoms with van der Waals surface area (Å²) in [7, 11) is 1.61. The van der Waals surface area contributed by atoms with E-state index in [1.807, 2.05) is 31.2 Å². The van der Waals surface area contributed by atoms with Crippen LogP contribution in [0, 0.1) is 0 Å². The molecule has 1 heterocycles. The lowest BCUT2D eigenvalue weighted by atomic mass is 10.0. The van der Waals surface area contributed by atoms with Crippen LogP contribution in [0.25, 0.3) is 0 Å². The quantitative estimate of drug-likeness (QED) is 0.745. The molecule has 6 nitrogen and oxygen atoms in total. The minimum Gasteiger partial charge on any atom is -0.483 e. The summed E-state index contributed by atoms with van der Waals surface area (Å²) in [5.41, 5.74) is 2.66. The van der Waals surface area contributed by atoms with E-state index in [2.05, 4.69) is 17.4 Å². The molecule has 1 aliphatic heterocycles. The van der Waals surface area contributed by atoms with Crippen LogP contribution in [0.1, 0.15) is 34.8 Å². The van der Waals surface area contributed by atoms with Gasteiger partial charge in [-0.1, -0.05) is 30.3 Å². The van der Waals surface area contributed by atoms with Crippen LogP contribution in [0.2, 0.25) is 0 Å². The molecular weight excluding hydrogens is 368 g/mol. The summed E-state index contributed by atoms with van der Waals surface area (Å²) in [5.74, 6) is 0.443. The van der Waals surface area contributed by atoms with Crippen molar-refractivity contribution in [2.24, 2.45) is 0 Å². The predicted molar refractivity (Wildman–Crippen MR) is 111 cm³/mol. The van der Waals surface area contributed by atoms with Crippen molar-refractivity contribution < 1.29 is 19.1 Å². The van der Waals surface area contributed by atoms with Crippen LogP contribution in [0.15, 0.2) is 48.5 Å². The van der Waals surface area contributed by atoms with E-state index in [0.717, 1.165) is 18.4 Å². The van der Waals surface area contributed by atoms with Crippen molar-refractivity contribution in [3.8, 4) is 5.75 Å². The van der Waals surface area contributed by atoms with E-state index in [1.165, 1.54) is 5.56 Å². The zero-order valence-electron chi connectivity index (χ0n) is 17.0. The Balaban J connectivity index is 1.62. The molecule has 0 unspecified atom stereocenters. The first kappa shape index (κ1) is 20.9. The highest BCUT2D eigenvalue weighted by molar-refractivity contribution is 5.94. The Morgan fingerprint density at radius 3 is 2.79 bits per heavy atom. The Morgan fingerprint density at radius 1 is 1.24 bits per heavy atom. The molecule has 0 spiro atoms. The third-order valence-corrected chi connectivity index (χ3v) is 5.04. The largest absolute Gasteiger partial charge is 0.483 e. The normalized spacial score (nSPS) is 14.6. The van der Waals surface area contributed by atoms with E-state index in [4.69, 9.17) is 9.47 Å². The lowest BCUT2D eigenvalue weighted by molar-refractivity contribution is -0.133. The van der Waals surface area contributed by atoms with Crippen molar-refractivity contribution in [2.45, 2.75) is 32.4 Å². The fraction of sp³-hybridized carbons (Fsp3) is 0.391. The van der Waals surface area contributed by atoms with Crippen LogP contribution < -0.4 is 10.1 Å². The summed E-state index contributed by atoms with van der Waals surface area (Å²) in [4.78, 5) is 26.6. The average Bonchev–Trinajstić information content (AvgIpc) is 2.89. The van der Waals surface area contributed by atoms with Crippen molar-refractivity contribution in [3.05, 3.63) is 65.2 Å². The van der Waals surface area contributed by atoms with Crippen LogP contribution in [0.4, 0.5) is 0 Å². The van der Waals surface area contributed by atoms with Crippen molar-refractivity contribution >= 4 is 11.8 Å². The zero-order valence-corrected chi connectivity index (χ0v) is 17.0. The number of rotatable bonds is 8.